The Hall–Kier alpha value is -1.36. The van der Waals surface area contributed by atoms with E-state index in [1.54, 1.807) is 0 Å². The highest BCUT2D eigenvalue weighted by molar-refractivity contribution is 9.10. The van der Waals surface area contributed by atoms with E-state index in [1.807, 2.05) is 24.3 Å². The maximum Gasteiger partial charge on any atom is 0.307 e. The zero-order chi connectivity index (χ0) is 15.8. The number of esters is 1. The first-order valence-corrected chi connectivity index (χ1v) is 7.83. The lowest BCUT2D eigenvalue weighted by Gasteiger charge is -2.18. The van der Waals surface area contributed by atoms with Crippen molar-refractivity contribution in [1.82, 2.24) is 5.32 Å². The maximum absolute atomic E-state index is 12.0. The minimum absolute atomic E-state index is 0.0412. The monoisotopic (exact) mass is 355 g/mol. The lowest BCUT2D eigenvalue weighted by molar-refractivity contribution is -0.141. The number of carbonyl (C=O) groups is 2. The van der Waals surface area contributed by atoms with Gasteiger partial charge in [0.05, 0.1) is 19.6 Å². The molecule has 0 saturated carbocycles. The van der Waals surface area contributed by atoms with Gasteiger partial charge < -0.3 is 10.1 Å². The molecule has 0 bridgehead atoms. The Balaban J connectivity index is 2.75. The standard InChI is InChI=1S/C16H22BrNO3/c1-11(2)4-9-15(19)18-14(10-16(20)21-3)12-5-7-13(17)8-6-12/h5-8,11,14H,4,9-10H2,1-3H3,(H,18,19). The summed E-state index contributed by atoms with van der Waals surface area (Å²) in [6.07, 6.45) is 1.43. The first-order chi connectivity index (χ1) is 9.92. The van der Waals surface area contributed by atoms with Gasteiger partial charge in [-0.3, -0.25) is 9.59 Å². The Bertz CT molecular complexity index is 471. The van der Waals surface area contributed by atoms with E-state index in [-0.39, 0.29) is 24.3 Å². The number of rotatable bonds is 7. The van der Waals surface area contributed by atoms with E-state index in [2.05, 4.69) is 35.1 Å². The molecule has 1 amide bonds. The van der Waals surface area contributed by atoms with Gasteiger partial charge in [-0.1, -0.05) is 41.9 Å². The lowest BCUT2D eigenvalue weighted by atomic mass is 10.0. The molecular weight excluding hydrogens is 334 g/mol. The van der Waals surface area contributed by atoms with Gasteiger partial charge in [-0.05, 0) is 30.0 Å². The fourth-order valence-electron chi connectivity index (χ4n) is 1.88. The minimum atomic E-state index is -0.356. The molecule has 0 spiro atoms. The molecule has 0 aliphatic heterocycles. The summed E-state index contributed by atoms with van der Waals surface area (Å²) < 4.78 is 5.66. The zero-order valence-corrected chi connectivity index (χ0v) is 14.3. The van der Waals surface area contributed by atoms with Crippen molar-refractivity contribution in [1.29, 1.82) is 0 Å². The van der Waals surface area contributed by atoms with Crippen molar-refractivity contribution < 1.29 is 14.3 Å². The van der Waals surface area contributed by atoms with E-state index in [0.29, 0.717) is 12.3 Å². The number of amides is 1. The predicted octanol–water partition coefficient (Wildman–Crippen LogP) is 3.61. The van der Waals surface area contributed by atoms with Crippen LogP contribution in [0.1, 0.15) is 44.7 Å². The average Bonchev–Trinajstić information content (AvgIpc) is 2.45. The fraction of sp³-hybridized carbons (Fsp3) is 0.500. The van der Waals surface area contributed by atoms with Crippen molar-refractivity contribution in [3.05, 3.63) is 34.3 Å². The van der Waals surface area contributed by atoms with Crippen LogP contribution in [-0.2, 0) is 14.3 Å². The van der Waals surface area contributed by atoms with Gasteiger partial charge >= 0.3 is 5.97 Å². The molecule has 1 N–H and O–H groups in total. The fourth-order valence-corrected chi connectivity index (χ4v) is 2.15. The van der Waals surface area contributed by atoms with E-state index in [4.69, 9.17) is 4.74 Å². The smallest absolute Gasteiger partial charge is 0.307 e. The van der Waals surface area contributed by atoms with Gasteiger partial charge in [-0.15, -0.1) is 0 Å². The van der Waals surface area contributed by atoms with Crippen LogP contribution in [0, 0.1) is 5.92 Å². The molecule has 0 aliphatic rings. The molecule has 0 heterocycles. The molecule has 1 aromatic rings. The summed E-state index contributed by atoms with van der Waals surface area (Å²) in [5.74, 6) is 0.0927. The van der Waals surface area contributed by atoms with Crippen LogP contribution >= 0.6 is 15.9 Å². The molecule has 0 aliphatic carbocycles. The third-order valence-corrected chi connectivity index (χ3v) is 3.68. The van der Waals surface area contributed by atoms with Crippen LogP contribution in [0.5, 0.6) is 0 Å². The Kier molecular flexibility index (Phi) is 7.43. The van der Waals surface area contributed by atoms with E-state index in [9.17, 15) is 9.59 Å². The third kappa shape index (κ3) is 6.76. The number of hydrogen-bond donors (Lipinski definition) is 1. The normalized spacial score (nSPS) is 12.0. The number of methoxy groups -OCH3 is 1. The van der Waals surface area contributed by atoms with Crippen LogP contribution < -0.4 is 5.32 Å². The number of hydrogen-bond acceptors (Lipinski definition) is 3. The first-order valence-electron chi connectivity index (χ1n) is 7.04. The Morgan fingerprint density at radius 3 is 2.38 bits per heavy atom. The molecule has 0 saturated heterocycles. The second-order valence-corrected chi connectivity index (χ2v) is 6.30. The molecule has 4 nitrogen and oxygen atoms in total. The summed E-state index contributed by atoms with van der Waals surface area (Å²) in [6.45, 7) is 4.15. The SMILES string of the molecule is COC(=O)CC(NC(=O)CCC(C)C)c1ccc(Br)cc1. The second-order valence-electron chi connectivity index (χ2n) is 5.38. The largest absolute Gasteiger partial charge is 0.469 e. The second kappa shape index (κ2) is 8.82. The Morgan fingerprint density at radius 1 is 1.24 bits per heavy atom. The minimum Gasteiger partial charge on any atom is -0.469 e. The van der Waals surface area contributed by atoms with Gasteiger partial charge in [0.25, 0.3) is 0 Å². The molecule has 1 rings (SSSR count). The molecule has 0 aromatic heterocycles. The van der Waals surface area contributed by atoms with Crippen molar-refractivity contribution in [2.75, 3.05) is 7.11 Å². The molecule has 116 valence electrons. The number of halogens is 1. The highest BCUT2D eigenvalue weighted by Gasteiger charge is 2.19. The summed E-state index contributed by atoms with van der Waals surface area (Å²) in [6, 6.07) is 7.20. The number of ether oxygens (including phenoxy) is 1. The number of benzene rings is 1. The van der Waals surface area contributed by atoms with E-state index >= 15 is 0 Å². The molecule has 1 atom stereocenters. The van der Waals surface area contributed by atoms with Gasteiger partial charge in [0.15, 0.2) is 0 Å². The molecule has 0 fully saturated rings. The van der Waals surface area contributed by atoms with Crippen molar-refractivity contribution in [3.63, 3.8) is 0 Å². The molecule has 21 heavy (non-hydrogen) atoms. The molecule has 0 radical (unpaired) electrons. The van der Waals surface area contributed by atoms with Crippen molar-refractivity contribution in [2.45, 2.75) is 39.2 Å². The average molecular weight is 356 g/mol. The van der Waals surface area contributed by atoms with Crippen LogP contribution in [-0.4, -0.2) is 19.0 Å². The topological polar surface area (TPSA) is 55.4 Å². The predicted molar refractivity (Wildman–Crippen MR) is 85.7 cm³/mol. The quantitative estimate of drug-likeness (QED) is 0.760. The summed E-state index contributed by atoms with van der Waals surface area (Å²) in [7, 11) is 1.35. The van der Waals surface area contributed by atoms with Gasteiger partial charge in [0.1, 0.15) is 0 Å². The lowest BCUT2D eigenvalue weighted by Crippen LogP contribution is -2.30. The number of nitrogens with one attached hydrogen (secondary N) is 1. The number of carbonyl (C=O) groups excluding carboxylic acids is 2. The highest BCUT2D eigenvalue weighted by Crippen LogP contribution is 2.20. The third-order valence-electron chi connectivity index (χ3n) is 3.15. The molecule has 1 aromatic carbocycles. The van der Waals surface area contributed by atoms with Crippen LogP contribution in [0.4, 0.5) is 0 Å². The van der Waals surface area contributed by atoms with Gasteiger partial charge in [-0.25, -0.2) is 0 Å². The first kappa shape index (κ1) is 17.7. The van der Waals surface area contributed by atoms with Crippen LogP contribution in [0.3, 0.4) is 0 Å². The van der Waals surface area contributed by atoms with Gasteiger partial charge in [0.2, 0.25) is 5.91 Å². The van der Waals surface area contributed by atoms with Crippen molar-refractivity contribution >= 4 is 27.8 Å². The van der Waals surface area contributed by atoms with Crippen molar-refractivity contribution in [2.24, 2.45) is 5.92 Å². The van der Waals surface area contributed by atoms with Crippen molar-refractivity contribution in [3.8, 4) is 0 Å². The summed E-state index contributed by atoms with van der Waals surface area (Å²) in [5.41, 5.74) is 0.890. The van der Waals surface area contributed by atoms with Crippen LogP contribution in [0.2, 0.25) is 0 Å². The summed E-state index contributed by atoms with van der Waals surface area (Å²) >= 11 is 3.37. The zero-order valence-electron chi connectivity index (χ0n) is 12.7. The summed E-state index contributed by atoms with van der Waals surface area (Å²) in [5, 5.41) is 2.92. The van der Waals surface area contributed by atoms with Crippen LogP contribution in [0.15, 0.2) is 28.7 Å². The summed E-state index contributed by atoms with van der Waals surface area (Å²) in [4.78, 5) is 23.5. The molecule has 1 unspecified atom stereocenters. The van der Waals surface area contributed by atoms with Gasteiger partial charge in [-0.2, -0.15) is 0 Å². The van der Waals surface area contributed by atoms with Crippen LogP contribution in [0.25, 0.3) is 0 Å². The highest BCUT2D eigenvalue weighted by atomic mass is 79.9. The maximum atomic E-state index is 12.0. The van der Waals surface area contributed by atoms with E-state index in [0.717, 1.165) is 16.5 Å². The van der Waals surface area contributed by atoms with Gasteiger partial charge in [0, 0.05) is 10.9 Å². The molecule has 5 heteroatoms. The Labute approximate surface area is 134 Å². The van der Waals surface area contributed by atoms with E-state index in [1.165, 1.54) is 7.11 Å². The molecular formula is C16H22BrNO3. The Morgan fingerprint density at radius 2 is 1.86 bits per heavy atom. The van der Waals surface area contributed by atoms with E-state index < -0.39 is 0 Å².